The minimum atomic E-state index is 0.0651. The Kier molecular flexibility index (Phi) is 4.80. The molecule has 2 rings (SSSR count). The van der Waals surface area contributed by atoms with Crippen molar-refractivity contribution in [1.82, 2.24) is 15.5 Å². The zero-order valence-corrected chi connectivity index (χ0v) is 10.9. The smallest absolute Gasteiger partial charge is 0.237 e. The average molecular weight is 239 g/mol. The van der Waals surface area contributed by atoms with Crippen LogP contribution in [-0.4, -0.2) is 49.6 Å². The van der Waals surface area contributed by atoms with Gasteiger partial charge in [0.2, 0.25) is 5.91 Å². The highest BCUT2D eigenvalue weighted by Gasteiger charge is 2.22. The predicted molar refractivity (Wildman–Crippen MR) is 68.9 cm³/mol. The normalized spacial score (nSPS) is 30.4. The van der Waals surface area contributed by atoms with E-state index in [9.17, 15) is 4.79 Å². The van der Waals surface area contributed by atoms with Gasteiger partial charge in [0, 0.05) is 19.6 Å². The number of nitrogens with one attached hydrogen (secondary N) is 2. The van der Waals surface area contributed by atoms with Crippen LogP contribution in [0.4, 0.5) is 0 Å². The number of carbonyl (C=O) groups is 1. The summed E-state index contributed by atoms with van der Waals surface area (Å²) < 4.78 is 0. The Balaban J connectivity index is 1.60. The number of rotatable bonds is 4. The highest BCUT2D eigenvalue weighted by Crippen LogP contribution is 2.14. The molecule has 2 aliphatic rings. The van der Waals surface area contributed by atoms with Gasteiger partial charge in [-0.05, 0) is 44.7 Å². The summed E-state index contributed by atoms with van der Waals surface area (Å²) >= 11 is 0. The molecule has 2 heterocycles. The fourth-order valence-corrected chi connectivity index (χ4v) is 2.86. The highest BCUT2D eigenvalue weighted by atomic mass is 16.2. The third kappa shape index (κ3) is 3.96. The van der Waals surface area contributed by atoms with Crippen molar-refractivity contribution in [1.29, 1.82) is 0 Å². The van der Waals surface area contributed by atoms with E-state index in [0.717, 1.165) is 38.4 Å². The van der Waals surface area contributed by atoms with Gasteiger partial charge >= 0.3 is 0 Å². The summed E-state index contributed by atoms with van der Waals surface area (Å²) in [5.74, 6) is 1.00. The minimum Gasteiger partial charge on any atom is -0.353 e. The van der Waals surface area contributed by atoms with Crippen LogP contribution in [0.3, 0.4) is 0 Å². The van der Waals surface area contributed by atoms with Crippen molar-refractivity contribution in [3.05, 3.63) is 0 Å². The van der Waals surface area contributed by atoms with Crippen LogP contribution in [0.25, 0.3) is 0 Å². The molecule has 0 aromatic heterocycles. The van der Waals surface area contributed by atoms with Gasteiger partial charge < -0.3 is 15.5 Å². The Morgan fingerprint density at radius 3 is 3.00 bits per heavy atom. The van der Waals surface area contributed by atoms with E-state index >= 15 is 0 Å². The van der Waals surface area contributed by atoms with E-state index in [-0.39, 0.29) is 11.9 Å². The Bertz CT molecular complexity index is 251. The second-order valence-corrected chi connectivity index (χ2v) is 5.49. The molecule has 0 aliphatic carbocycles. The fraction of sp³-hybridized carbons (Fsp3) is 0.923. The van der Waals surface area contributed by atoms with Crippen LogP contribution in [-0.2, 0) is 4.79 Å². The Morgan fingerprint density at radius 2 is 2.29 bits per heavy atom. The van der Waals surface area contributed by atoms with Gasteiger partial charge in [-0.2, -0.15) is 0 Å². The first kappa shape index (κ1) is 12.8. The maximum absolute atomic E-state index is 11.8. The summed E-state index contributed by atoms with van der Waals surface area (Å²) in [6, 6.07) is 0.0651. The number of hydrogen-bond acceptors (Lipinski definition) is 3. The molecule has 1 amide bonds. The largest absolute Gasteiger partial charge is 0.353 e. The third-order valence-electron chi connectivity index (χ3n) is 3.85. The zero-order chi connectivity index (χ0) is 12.1. The SMILES string of the molecule is CC1CCCN(CCNC(=O)C2CCCN2)C1. The first-order valence-electron chi connectivity index (χ1n) is 6.99. The van der Waals surface area contributed by atoms with Gasteiger partial charge in [0.05, 0.1) is 6.04 Å². The van der Waals surface area contributed by atoms with E-state index in [1.54, 1.807) is 0 Å². The first-order chi connectivity index (χ1) is 8.25. The fourth-order valence-electron chi connectivity index (χ4n) is 2.86. The van der Waals surface area contributed by atoms with Crippen LogP contribution in [0.15, 0.2) is 0 Å². The minimum absolute atomic E-state index is 0.0651. The molecule has 2 atom stereocenters. The first-order valence-corrected chi connectivity index (χ1v) is 6.99. The topological polar surface area (TPSA) is 44.4 Å². The maximum Gasteiger partial charge on any atom is 0.237 e. The molecule has 0 spiro atoms. The lowest BCUT2D eigenvalue weighted by Gasteiger charge is -2.30. The lowest BCUT2D eigenvalue weighted by Crippen LogP contribution is -2.44. The third-order valence-corrected chi connectivity index (χ3v) is 3.85. The molecule has 4 nitrogen and oxygen atoms in total. The predicted octanol–water partition coefficient (Wildman–Crippen LogP) is 0.587. The van der Waals surface area contributed by atoms with Crippen LogP contribution < -0.4 is 10.6 Å². The quantitative estimate of drug-likeness (QED) is 0.754. The van der Waals surface area contributed by atoms with Gasteiger partial charge in [0.15, 0.2) is 0 Å². The molecule has 0 saturated carbocycles. The average Bonchev–Trinajstić information content (AvgIpc) is 2.82. The summed E-state index contributed by atoms with van der Waals surface area (Å²) in [5, 5.41) is 6.27. The second-order valence-electron chi connectivity index (χ2n) is 5.49. The number of nitrogens with zero attached hydrogens (tertiary/aromatic N) is 1. The van der Waals surface area contributed by atoms with Crippen LogP contribution in [0.5, 0.6) is 0 Å². The Labute approximate surface area is 104 Å². The zero-order valence-electron chi connectivity index (χ0n) is 10.9. The van der Waals surface area contributed by atoms with Gasteiger partial charge in [-0.15, -0.1) is 0 Å². The van der Waals surface area contributed by atoms with Crippen molar-refractivity contribution in [2.24, 2.45) is 5.92 Å². The molecule has 0 radical (unpaired) electrons. The van der Waals surface area contributed by atoms with Crippen molar-refractivity contribution < 1.29 is 4.79 Å². The van der Waals surface area contributed by atoms with Crippen molar-refractivity contribution >= 4 is 5.91 Å². The van der Waals surface area contributed by atoms with E-state index in [1.807, 2.05) is 0 Å². The molecule has 0 aromatic rings. The maximum atomic E-state index is 11.8. The van der Waals surface area contributed by atoms with Crippen molar-refractivity contribution in [3.63, 3.8) is 0 Å². The molecule has 0 bridgehead atoms. The number of likely N-dealkylation sites (tertiary alicyclic amines) is 1. The summed E-state index contributed by atoms with van der Waals surface area (Å²) in [4.78, 5) is 14.2. The van der Waals surface area contributed by atoms with E-state index in [4.69, 9.17) is 0 Å². The summed E-state index contributed by atoms with van der Waals surface area (Å²) in [5.41, 5.74) is 0. The standard InChI is InChI=1S/C13H25N3O/c1-11-4-3-8-16(10-11)9-7-15-13(17)12-5-2-6-14-12/h11-12,14H,2-10H2,1H3,(H,15,17). The van der Waals surface area contributed by atoms with Crippen molar-refractivity contribution in [2.45, 2.75) is 38.6 Å². The van der Waals surface area contributed by atoms with E-state index in [0.29, 0.717) is 0 Å². The molecule has 2 fully saturated rings. The van der Waals surface area contributed by atoms with Gasteiger partial charge in [0.25, 0.3) is 0 Å². The van der Waals surface area contributed by atoms with Gasteiger partial charge in [-0.25, -0.2) is 0 Å². The van der Waals surface area contributed by atoms with Gasteiger partial charge in [-0.3, -0.25) is 4.79 Å². The molecule has 4 heteroatoms. The molecular weight excluding hydrogens is 214 g/mol. The van der Waals surface area contributed by atoms with Gasteiger partial charge in [-0.1, -0.05) is 6.92 Å². The molecule has 0 aromatic carbocycles. The number of carbonyl (C=O) groups excluding carboxylic acids is 1. The molecule has 2 N–H and O–H groups in total. The molecule has 17 heavy (non-hydrogen) atoms. The number of piperidine rings is 1. The highest BCUT2D eigenvalue weighted by molar-refractivity contribution is 5.81. The van der Waals surface area contributed by atoms with Crippen LogP contribution in [0.2, 0.25) is 0 Å². The second kappa shape index (κ2) is 6.36. The van der Waals surface area contributed by atoms with Crippen LogP contribution in [0.1, 0.15) is 32.6 Å². The number of amides is 1. The summed E-state index contributed by atoms with van der Waals surface area (Å²) in [6.07, 6.45) is 4.78. The van der Waals surface area contributed by atoms with E-state index in [1.165, 1.54) is 25.9 Å². The molecule has 2 saturated heterocycles. The lowest BCUT2D eigenvalue weighted by atomic mass is 10.0. The van der Waals surface area contributed by atoms with Crippen molar-refractivity contribution in [3.8, 4) is 0 Å². The van der Waals surface area contributed by atoms with Crippen molar-refractivity contribution in [2.75, 3.05) is 32.7 Å². The van der Waals surface area contributed by atoms with E-state index < -0.39 is 0 Å². The monoisotopic (exact) mass is 239 g/mol. The molecule has 2 unspecified atom stereocenters. The molecule has 98 valence electrons. The lowest BCUT2D eigenvalue weighted by molar-refractivity contribution is -0.122. The Morgan fingerprint density at radius 1 is 1.41 bits per heavy atom. The summed E-state index contributed by atoms with van der Waals surface area (Å²) in [6.45, 7) is 7.49. The van der Waals surface area contributed by atoms with Crippen LogP contribution >= 0.6 is 0 Å². The molecular formula is C13H25N3O. The number of hydrogen-bond donors (Lipinski definition) is 2. The van der Waals surface area contributed by atoms with Gasteiger partial charge in [0.1, 0.15) is 0 Å². The summed E-state index contributed by atoms with van der Waals surface area (Å²) in [7, 11) is 0. The van der Waals surface area contributed by atoms with E-state index in [2.05, 4.69) is 22.5 Å². The molecule has 2 aliphatic heterocycles. The Hall–Kier alpha value is -0.610. The van der Waals surface area contributed by atoms with Crippen LogP contribution in [0, 0.1) is 5.92 Å².